The Hall–Kier alpha value is -2.91. The summed E-state index contributed by atoms with van der Waals surface area (Å²) < 4.78 is 53.9. The lowest BCUT2D eigenvalue weighted by atomic mass is 10.1. The molecule has 9 heteroatoms. The van der Waals surface area contributed by atoms with Crippen molar-refractivity contribution in [2.75, 3.05) is 12.4 Å². The first-order valence-corrected chi connectivity index (χ1v) is 11.1. The first-order chi connectivity index (χ1) is 14.4. The topological polar surface area (TPSA) is 77.0 Å². The van der Waals surface area contributed by atoms with E-state index in [-0.39, 0.29) is 23.2 Å². The van der Waals surface area contributed by atoms with Gasteiger partial charge in [0.05, 0.1) is 17.3 Å². The lowest BCUT2D eigenvalue weighted by Crippen LogP contribution is -2.22. The van der Waals surface area contributed by atoms with Gasteiger partial charge in [0.25, 0.3) is 10.0 Å². The number of hydrogen-bond acceptors (Lipinski definition) is 5. The van der Waals surface area contributed by atoms with Crippen molar-refractivity contribution in [1.29, 1.82) is 0 Å². The number of halogens is 2. The van der Waals surface area contributed by atoms with E-state index in [1.54, 1.807) is 42.5 Å². The molecule has 1 aliphatic rings. The molecule has 3 aromatic rings. The van der Waals surface area contributed by atoms with E-state index < -0.39 is 10.0 Å². The van der Waals surface area contributed by atoms with Crippen LogP contribution in [0.5, 0.6) is 11.5 Å². The molecular weight excluding hydrogens is 475 g/mol. The highest BCUT2D eigenvalue weighted by Gasteiger charge is 2.26. The Kier molecular flexibility index (Phi) is 5.48. The van der Waals surface area contributed by atoms with Gasteiger partial charge in [0.1, 0.15) is 17.3 Å². The molecule has 154 valence electrons. The maximum Gasteiger partial charge on any atom is 0.286 e. The number of nitrogens with zero attached hydrogens (tertiary/aromatic N) is 1. The van der Waals surface area contributed by atoms with E-state index in [2.05, 4.69) is 25.6 Å². The molecule has 30 heavy (non-hydrogen) atoms. The highest BCUT2D eigenvalue weighted by atomic mass is 79.9. The molecule has 0 aliphatic carbocycles. The Morgan fingerprint density at radius 1 is 1.10 bits per heavy atom. The number of hydrogen-bond donors (Lipinski definition) is 1. The van der Waals surface area contributed by atoms with E-state index in [1.807, 2.05) is 0 Å². The van der Waals surface area contributed by atoms with Crippen LogP contribution < -0.4 is 14.8 Å². The van der Waals surface area contributed by atoms with Crippen LogP contribution in [-0.2, 0) is 16.6 Å². The third-order valence-corrected chi connectivity index (χ3v) is 6.35. The molecule has 0 saturated heterocycles. The van der Waals surface area contributed by atoms with Gasteiger partial charge in [-0.3, -0.25) is 0 Å². The van der Waals surface area contributed by atoms with Gasteiger partial charge in [0.2, 0.25) is 0 Å². The molecular formula is C21H16BrFN2O4S. The quantitative estimate of drug-likeness (QED) is 0.558. The number of fused-ring (bicyclic) bond motifs is 1. The van der Waals surface area contributed by atoms with E-state index >= 15 is 0 Å². The zero-order chi connectivity index (χ0) is 21.3. The van der Waals surface area contributed by atoms with Crippen molar-refractivity contribution < 1.29 is 22.3 Å². The monoisotopic (exact) mass is 490 g/mol. The van der Waals surface area contributed by atoms with Crippen LogP contribution in [0.2, 0.25) is 0 Å². The summed E-state index contributed by atoms with van der Waals surface area (Å²) in [6.07, 6.45) is 0. The zero-order valence-corrected chi connectivity index (χ0v) is 18.1. The summed E-state index contributed by atoms with van der Waals surface area (Å²) in [5.41, 5.74) is 1.75. The molecule has 3 aromatic carbocycles. The molecule has 0 spiro atoms. The van der Waals surface area contributed by atoms with E-state index in [1.165, 1.54) is 25.3 Å². The molecule has 0 bridgehead atoms. The van der Waals surface area contributed by atoms with Gasteiger partial charge < -0.3 is 14.8 Å². The molecule has 6 nitrogen and oxygen atoms in total. The number of methoxy groups -OCH3 is 1. The van der Waals surface area contributed by atoms with Crippen molar-refractivity contribution >= 4 is 37.5 Å². The van der Waals surface area contributed by atoms with E-state index in [0.29, 0.717) is 27.2 Å². The average molecular weight is 491 g/mol. The summed E-state index contributed by atoms with van der Waals surface area (Å²) in [6, 6.07) is 15.9. The second kappa shape index (κ2) is 8.08. The first-order valence-electron chi connectivity index (χ1n) is 8.83. The summed E-state index contributed by atoms with van der Waals surface area (Å²) >= 11 is 3.45. The zero-order valence-electron chi connectivity index (χ0n) is 15.7. The van der Waals surface area contributed by atoms with Crippen LogP contribution in [-0.4, -0.2) is 21.4 Å². The normalized spacial score (nSPS) is 14.3. The van der Waals surface area contributed by atoms with Gasteiger partial charge in [0, 0.05) is 5.56 Å². The van der Waals surface area contributed by atoms with Crippen LogP contribution in [0.1, 0.15) is 11.1 Å². The summed E-state index contributed by atoms with van der Waals surface area (Å²) in [5.74, 6) is 0.685. The van der Waals surface area contributed by atoms with E-state index in [9.17, 15) is 12.8 Å². The van der Waals surface area contributed by atoms with Crippen molar-refractivity contribution in [2.45, 2.75) is 11.5 Å². The van der Waals surface area contributed by atoms with Gasteiger partial charge in [-0.25, -0.2) is 4.39 Å². The molecule has 1 heterocycles. The van der Waals surface area contributed by atoms with Gasteiger partial charge in [-0.05, 0) is 57.9 Å². The lowest BCUT2D eigenvalue weighted by molar-refractivity contribution is 0.282. The molecule has 0 unspecified atom stereocenters. The number of ether oxygens (including phenoxy) is 2. The number of sulfonamides is 1. The Morgan fingerprint density at radius 3 is 2.57 bits per heavy atom. The third-order valence-electron chi connectivity index (χ3n) is 4.43. The summed E-state index contributed by atoms with van der Waals surface area (Å²) in [7, 11) is -2.34. The molecule has 0 amide bonds. The molecule has 1 N–H and O–H groups in total. The van der Waals surface area contributed by atoms with Gasteiger partial charge in [0.15, 0.2) is 17.3 Å². The van der Waals surface area contributed by atoms with Gasteiger partial charge >= 0.3 is 0 Å². The second-order valence-corrected chi connectivity index (χ2v) is 8.87. The van der Waals surface area contributed by atoms with Gasteiger partial charge in [-0.15, -0.1) is 4.40 Å². The van der Waals surface area contributed by atoms with Crippen LogP contribution in [0.25, 0.3) is 0 Å². The fraction of sp³-hybridized carbons (Fsp3) is 0.0952. The molecule has 1 aliphatic heterocycles. The van der Waals surface area contributed by atoms with Crippen LogP contribution in [0, 0.1) is 5.82 Å². The van der Waals surface area contributed by atoms with Crippen LogP contribution in [0.4, 0.5) is 10.1 Å². The minimum atomic E-state index is -3.82. The highest BCUT2D eigenvalue weighted by Crippen LogP contribution is 2.38. The molecule has 0 atom stereocenters. The Morgan fingerprint density at radius 2 is 1.83 bits per heavy atom. The fourth-order valence-electron chi connectivity index (χ4n) is 2.97. The highest BCUT2D eigenvalue weighted by molar-refractivity contribution is 9.10. The summed E-state index contributed by atoms with van der Waals surface area (Å²) in [5, 5.41) is 3.05. The molecule has 0 radical (unpaired) electrons. The minimum Gasteiger partial charge on any atom is -0.493 e. The van der Waals surface area contributed by atoms with Crippen molar-refractivity contribution in [3.8, 4) is 11.5 Å². The molecule has 0 aromatic heterocycles. The fourth-order valence-corrected chi connectivity index (χ4v) is 4.67. The number of anilines is 1. The largest absolute Gasteiger partial charge is 0.493 e. The maximum atomic E-state index is 13.1. The number of nitrogens with one attached hydrogen (secondary N) is 1. The summed E-state index contributed by atoms with van der Waals surface area (Å²) in [6.45, 7) is 0.204. The maximum absolute atomic E-state index is 13.1. The van der Waals surface area contributed by atoms with E-state index in [0.717, 1.165) is 5.56 Å². The Labute approximate surface area is 181 Å². The van der Waals surface area contributed by atoms with Crippen molar-refractivity contribution in [3.63, 3.8) is 0 Å². The SMILES string of the molecule is COc1cc(C2=NS(=O)(=O)c3ccccc3N2)cc(Br)c1OCc1ccc(F)cc1. The summed E-state index contributed by atoms with van der Waals surface area (Å²) in [4.78, 5) is 0.124. The number of amidine groups is 1. The Bertz CT molecular complexity index is 1240. The first kappa shape index (κ1) is 20.4. The molecule has 0 fully saturated rings. The predicted octanol–water partition coefficient (Wildman–Crippen LogP) is 4.74. The van der Waals surface area contributed by atoms with Crippen LogP contribution >= 0.6 is 15.9 Å². The van der Waals surface area contributed by atoms with Crippen molar-refractivity contribution in [3.05, 3.63) is 82.1 Å². The van der Waals surface area contributed by atoms with Gasteiger partial charge in [-0.2, -0.15) is 8.42 Å². The van der Waals surface area contributed by atoms with Crippen molar-refractivity contribution in [2.24, 2.45) is 4.40 Å². The number of para-hydroxylation sites is 1. The average Bonchev–Trinajstić information content (AvgIpc) is 2.73. The molecule has 0 saturated carbocycles. The van der Waals surface area contributed by atoms with E-state index in [4.69, 9.17) is 9.47 Å². The molecule has 4 rings (SSSR count). The number of benzene rings is 3. The van der Waals surface area contributed by atoms with Gasteiger partial charge in [-0.1, -0.05) is 24.3 Å². The minimum absolute atomic E-state index is 0.124. The van der Waals surface area contributed by atoms with Crippen molar-refractivity contribution in [1.82, 2.24) is 0 Å². The Balaban J connectivity index is 1.66. The standard InChI is InChI=1S/C21H16BrFN2O4S/c1-28-18-11-14(21-24-17-4-2-3-5-19(17)30(26,27)25-21)10-16(22)20(18)29-12-13-6-8-15(23)9-7-13/h2-11H,12H2,1H3,(H,24,25). The van der Waals surface area contributed by atoms with Crippen LogP contribution in [0.15, 0.2) is 74.4 Å². The smallest absolute Gasteiger partial charge is 0.286 e. The predicted molar refractivity (Wildman–Crippen MR) is 115 cm³/mol. The number of rotatable bonds is 5. The lowest BCUT2D eigenvalue weighted by Gasteiger charge is -2.20. The second-order valence-electron chi connectivity index (χ2n) is 6.44. The third kappa shape index (κ3) is 4.03. The van der Waals surface area contributed by atoms with Crippen LogP contribution in [0.3, 0.4) is 0 Å².